The van der Waals surface area contributed by atoms with Gasteiger partial charge in [0, 0.05) is 12.5 Å². The number of hydrogen-bond donors (Lipinski definition) is 0. The molecule has 2 aliphatic rings. The summed E-state index contributed by atoms with van der Waals surface area (Å²) in [5.74, 6) is -1.07. The van der Waals surface area contributed by atoms with E-state index in [1.807, 2.05) is 0 Å². The molecule has 2 fully saturated rings. The maximum Gasteiger partial charge on any atom is 0.330 e. The Bertz CT molecular complexity index is 473. The number of rotatable bonds is 8. The van der Waals surface area contributed by atoms with Crippen LogP contribution in [-0.2, 0) is 33.3 Å². The number of ether oxygens (including phenoxy) is 4. The van der Waals surface area contributed by atoms with E-state index in [2.05, 4.69) is 6.58 Å². The zero-order chi connectivity index (χ0) is 16.7. The molecule has 0 N–H and O–H groups in total. The van der Waals surface area contributed by atoms with Crippen molar-refractivity contribution in [3.8, 4) is 0 Å². The first-order valence-corrected chi connectivity index (χ1v) is 7.81. The molecule has 0 radical (unpaired) electrons. The molecule has 128 valence electrons. The van der Waals surface area contributed by atoms with Crippen molar-refractivity contribution >= 4 is 17.9 Å². The normalized spacial score (nSPS) is 26.1. The Morgan fingerprint density at radius 1 is 1.35 bits per heavy atom. The van der Waals surface area contributed by atoms with Crippen LogP contribution in [0.1, 0.15) is 38.5 Å². The summed E-state index contributed by atoms with van der Waals surface area (Å²) >= 11 is 0. The summed E-state index contributed by atoms with van der Waals surface area (Å²) < 4.78 is 20.6. The quantitative estimate of drug-likeness (QED) is 0.287. The Morgan fingerprint density at radius 3 is 2.83 bits per heavy atom. The minimum Gasteiger partial charge on any atom is -0.463 e. The fourth-order valence-electron chi connectivity index (χ4n) is 2.82. The third-order valence-electron chi connectivity index (χ3n) is 3.97. The van der Waals surface area contributed by atoms with Gasteiger partial charge in [0.25, 0.3) is 0 Å². The van der Waals surface area contributed by atoms with Crippen LogP contribution < -0.4 is 0 Å². The van der Waals surface area contributed by atoms with Gasteiger partial charge in [-0.3, -0.25) is 9.59 Å². The van der Waals surface area contributed by atoms with Crippen molar-refractivity contribution in [3.63, 3.8) is 0 Å². The lowest BCUT2D eigenvalue weighted by Gasteiger charge is -2.20. The van der Waals surface area contributed by atoms with Crippen LogP contribution in [0.15, 0.2) is 12.7 Å². The molecule has 0 aromatic rings. The van der Waals surface area contributed by atoms with Crippen LogP contribution >= 0.6 is 0 Å². The van der Waals surface area contributed by atoms with Crippen molar-refractivity contribution in [2.45, 2.75) is 50.2 Å². The molecule has 0 saturated carbocycles. The highest BCUT2D eigenvalue weighted by Crippen LogP contribution is 2.38. The average molecular weight is 326 g/mol. The van der Waals surface area contributed by atoms with Crippen molar-refractivity contribution in [3.05, 3.63) is 12.7 Å². The van der Waals surface area contributed by atoms with E-state index in [1.165, 1.54) is 0 Å². The second kappa shape index (κ2) is 8.10. The highest BCUT2D eigenvalue weighted by Gasteiger charge is 2.47. The summed E-state index contributed by atoms with van der Waals surface area (Å²) in [6.07, 6.45) is 4.83. The standard InChI is InChI=1S/C16H22O7/c1-2-13(17)20-8-9-21-14(18)5-3-4-12-6-7-16(23-12)10-15(19)22-11-16/h2,12H,1,3-11H2. The predicted molar refractivity (Wildman–Crippen MR) is 78.4 cm³/mol. The Kier molecular flexibility index (Phi) is 6.15. The lowest BCUT2D eigenvalue weighted by molar-refractivity contribution is -0.149. The molecule has 2 atom stereocenters. The van der Waals surface area contributed by atoms with Gasteiger partial charge in [0.1, 0.15) is 25.4 Å². The third-order valence-corrected chi connectivity index (χ3v) is 3.97. The van der Waals surface area contributed by atoms with Crippen LogP contribution in [-0.4, -0.2) is 49.4 Å². The largest absolute Gasteiger partial charge is 0.463 e. The first kappa shape index (κ1) is 17.5. The van der Waals surface area contributed by atoms with Gasteiger partial charge in [-0.2, -0.15) is 0 Å². The first-order valence-electron chi connectivity index (χ1n) is 7.81. The zero-order valence-electron chi connectivity index (χ0n) is 13.1. The summed E-state index contributed by atoms with van der Waals surface area (Å²) in [5, 5.41) is 0. The van der Waals surface area contributed by atoms with Gasteiger partial charge in [-0.05, 0) is 25.7 Å². The van der Waals surface area contributed by atoms with E-state index in [-0.39, 0.29) is 37.7 Å². The molecule has 0 aromatic carbocycles. The van der Waals surface area contributed by atoms with Gasteiger partial charge >= 0.3 is 17.9 Å². The smallest absolute Gasteiger partial charge is 0.330 e. The predicted octanol–water partition coefficient (Wildman–Crippen LogP) is 1.29. The summed E-state index contributed by atoms with van der Waals surface area (Å²) in [4.78, 5) is 33.5. The molecule has 2 unspecified atom stereocenters. The van der Waals surface area contributed by atoms with E-state index in [0.29, 0.717) is 19.4 Å². The van der Waals surface area contributed by atoms with Crippen LogP contribution in [0.2, 0.25) is 0 Å². The minimum atomic E-state index is -0.539. The Balaban J connectivity index is 1.53. The molecule has 2 heterocycles. The monoisotopic (exact) mass is 326 g/mol. The van der Waals surface area contributed by atoms with E-state index in [1.54, 1.807) is 0 Å². The number of carbonyl (C=O) groups is 3. The van der Waals surface area contributed by atoms with E-state index in [4.69, 9.17) is 18.9 Å². The molecule has 0 bridgehead atoms. The summed E-state index contributed by atoms with van der Waals surface area (Å²) in [5.41, 5.74) is -0.433. The van der Waals surface area contributed by atoms with E-state index >= 15 is 0 Å². The molecule has 7 nitrogen and oxygen atoms in total. The van der Waals surface area contributed by atoms with Gasteiger partial charge in [-0.15, -0.1) is 0 Å². The van der Waals surface area contributed by atoms with Crippen molar-refractivity contribution in [1.82, 2.24) is 0 Å². The lowest BCUT2D eigenvalue weighted by atomic mass is 9.98. The topological polar surface area (TPSA) is 88.1 Å². The van der Waals surface area contributed by atoms with Gasteiger partial charge in [0.15, 0.2) is 0 Å². The van der Waals surface area contributed by atoms with Crippen molar-refractivity contribution in [1.29, 1.82) is 0 Å². The minimum absolute atomic E-state index is 0.0267. The van der Waals surface area contributed by atoms with Gasteiger partial charge in [-0.1, -0.05) is 6.58 Å². The SMILES string of the molecule is C=CC(=O)OCCOC(=O)CCCC1CCC2(COC(=O)C2)O1. The van der Waals surface area contributed by atoms with Gasteiger partial charge in [-0.25, -0.2) is 4.79 Å². The molecule has 0 amide bonds. The molecule has 2 saturated heterocycles. The third kappa shape index (κ3) is 5.35. The highest BCUT2D eigenvalue weighted by molar-refractivity contribution is 5.81. The molecule has 7 heteroatoms. The van der Waals surface area contributed by atoms with Crippen molar-refractivity contribution in [2.24, 2.45) is 0 Å². The first-order chi connectivity index (χ1) is 11.0. The average Bonchev–Trinajstić information content (AvgIpc) is 3.09. The number of esters is 3. The zero-order valence-corrected chi connectivity index (χ0v) is 13.1. The van der Waals surface area contributed by atoms with Crippen LogP contribution in [0.4, 0.5) is 0 Å². The molecule has 2 rings (SSSR count). The van der Waals surface area contributed by atoms with Crippen molar-refractivity contribution in [2.75, 3.05) is 19.8 Å². The fraction of sp³-hybridized carbons (Fsp3) is 0.688. The van der Waals surface area contributed by atoms with Crippen molar-refractivity contribution < 1.29 is 33.3 Å². The Morgan fingerprint density at radius 2 is 2.13 bits per heavy atom. The molecule has 0 aliphatic carbocycles. The maximum absolute atomic E-state index is 11.5. The molecule has 0 aromatic heterocycles. The number of carbonyl (C=O) groups excluding carboxylic acids is 3. The second-order valence-electron chi connectivity index (χ2n) is 5.78. The van der Waals surface area contributed by atoms with Gasteiger partial charge < -0.3 is 18.9 Å². The van der Waals surface area contributed by atoms with Crippen LogP contribution in [0.3, 0.4) is 0 Å². The van der Waals surface area contributed by atoms with Crippen LogP contribution in [0.25, 0.3) is 0 Å². The van der Waals surface area contributed by atoms with Gasteiger partial charge in [0.2, 0.25) is 0 Å². The maximum atomic E-state index is 11.5. The number of cyclic esters (lactones) is 1. The lowest BCUT2D eigenvalue weighted by Crippen LogP contribution is -2.29. The highest BCUT2D eigenvalue weighted by atomic mass is 16.6. The van der Waals surface area contributed by atoms with E-state index in [0.717, 1.165) is 25.3 Å². The summed E-state index contributed by atoms with van der Waals surface area (Å²) in [6, 6.07) is 0. The summed E-state index contributed by atoms with van der Waals surface area (Å²) in [7, 11) is 0. The van der Waals surface area contributed by atoms with Gasteiger partial charge in [0.05, 0.1) is 12.5 Å². The Labute approximate surface area is 134 Å². The molecule has 2 aliphatic heterocycles. The van der Waals surface area contributed by atoms with E-state index < -0.39 is 11.6 Å². The molecular weight excluding hydrogens is 304 g/mol. The van der Waals surface area contributed by atoms with E-state index in [9.17, 15) is 14.4 Å². The molecular formula is C16H22O7. The number of hydrogen-bond acceptors (Lipinski definition) is 7. The molecule has 23 heavy (non-hydrogen) atoms. The molecule has 1 spiro atoms. The Hall–Kier alpha value is -1.89. The van der Waals surface area contributed by atoms with Crippen LogP contribution in [0.5, 0.6) is 0 Å². The van der Waals surface area contributed by atoms with Crippen LogP contribution in [0, 0.1) is 0 Å². The fourth-order valence-corrected chi connectivity index (χ4v) is 2.82. The second-order valence-corrected chi connectivity index (χ2v) is 5.78. The summed E-state index contributed by atoms with van der Waals surface area (Å²) in [6.45, 7) is 3.67.